The van der Waals surface area contributed by atoms with E-state index >= 15 is 0 Å². The van der Waals surface area contributed by atoms with Gasteiger partial charge in [-0.1, -0.05) is 0 Å². The summed E-state index contributed by atoms with van der Waals surface area (Å²) < 4.78 is 27.8. The van der Waals surface area contributed by atoms with Crippen molar-refractivity contribution in [3.05, 3.63) is 58.9 Å². The average molecular weight is 524 g/mol. The molecule has 2 heterocycles. The van der Waals surface area contributed by atoms with Crippen molar-refractivity contribution < 1.29 is 23.8 Å². The van der Waals surface area contributed by atoms with Crippen molar-refractivity contribution in [2.75, 3.05) is 12.4 Å². The minimum absolute atomic E-state index is 0.0656. The SMILES string of the molecule is COc1ccc(Oc2cnn(C(CC3CCCCC3)C(=O)Nc3bn(CC(C)(C)O)cc3)c(=O)c2)c(F)c1. The molecule has 1 fully saturated rings. The van der Waals surface area contributed by atoms with Gasteiger partial charge in [0, 0.05) is 0 Å². The summed E-state index contributed by atoms with van der Waals surface area (Å²) in [6.45, 7) is 3.78. The number of ether oxygens (including phenoxy) is 2. The molecule has 1 amide bonds. The van der Waals surface area contributed by atoms with Crippen molar-refractivity contribution in [3.63, 3.8) is 0 Å². The Kier molecular flexibility index (Phi) is 8.66. The molecule has 4 rings (SSSR count). The van der Waals surface area contributed by atoms with Gasteiger partial charge in [0.15, 0.2) is 0 Å². The summed E-state index contributed by atoms with van der Waals surface area (Å²) in [5.41, 5.74) is -0.859. The first kappa shape index (κ1) is 27.6. The van der Waals surface area contributed by atoms with Crippen molar-refractivity contribution in [1.29, 1.82) is 0 Å². The van der Waals surface area contributed by atoms with Crippen LogP contribution in [-0.4, -0.2) is 45.0 Å². The Bertz CT molecular complexity index is 1310. The van der Waals surface area contributed by atoms with Crippen LogP contribution in [-0.2, 0) is 11.3 Å². The summed E-state index contributed by atoms with van der Waals surface area (Å²) in [6, 6.07) is 6.27. The van der Waals surface area contributed by atoms with Crippen LogP contribution in [0.4, 0.5) is 9.97 Å². The summed E-state index contributed by atoms with van der Waals surface area (Å²) in [5.74, 6) is -0.346. The predicted octanol–water partition coefficient (Wildman–Crippen LogP) is 4.24. The van der Waals surface area contributed by atoms with Crippen LogP contribution in [0.15, 0.2) is 47.5 Å². The van der Waals surface area contributed by atoms with Crippen LogP contribution in [0.3, 0.4) is 0 Å². The van der Waals surface area contributed by atoms with E-state index in [1.807, 2.05) is 0 Å². The van der Waals surface area contributed by atoms with Crippen molar-refractivity contribution in [2.45, 2.75) is 70.6 Å². The van der Waals surface area contributed by atoms with Crippen LogP contribution in [0, 0.1) is 11.7 Å². The molecule has 1 aliphatic rings. The van der Waals surface area contributed by atoms with Crippen molar-refractivity contribution >= 4 is 18.5 Å². The fourth-order valence-corrected chi connectivity index (χ4v) is 4.85. The van der Waals surface area contributed by atoms with Crippen molar-refractivity contribution in [1.82, 2.24) is 14.3 Å². The standard InChI is InChI=1S/C27H34BFN4O5/c1-27(2,36)17-32-12-11-24(28-32)31-26(35)22(13-18-7-5-4-6-8-18)33-25(34)15-20(16-30-33)38-23-10-9-19(37-3)14-21(23)29/h9-12,14-16,18,22,36H,4-8,13,17H2,1-3H3,(H,31,35). The molecule has 0 bridgehead atoms. The molecular weight excluding hydrogens is 490 g/mol. The normalized spacial score (nSPS) is 15.1. The maximum atomic E-state index is 14.3. The van der Waals surface area contributed by atoms with Gasteiger partial charge in [0.2, 0.25) is 0 Å². The van der Waals surface area contributed by atoms with Gasteiger partial charge in [-0.15, -0.1) is 0 Å². The number of carbonyl (C=O) groups is 1. The van der Waals surface area contributed by atoms with E-state index in [-0.39, 0.29) is 17.4 Å². The van der Waals surface area contributed by atoms with Crippen LogP contribution in [0.5, 0.6) is 17.2 Å². The number of rotatable bonds is 10. The molecule has 1 saturated carbocycles. The number of aromatic nitrogens is 3. The zero-order valence-electron chi connectivity index (χ0n) is 22.0. The Morgan fingerprint density at radius 3 is 2.66 bits per heavy atom. The number of nitrogens with zero attached hydrogens (tertiary/aromatic N) is 3. The molecule has 2 N–H and O–H groups in total. The van der Waals surface area contributed by atoms with Crippen LogP contribution >= 0.6 is 0 Å². The molecule has 1 aliphatic carbocycles. The number of nitrogens with one attached hydrogen (secondary N) is 1. The quantitative estimate of drug-likeness (QED) is 0.411. The summed E-state index contributed by atoms with van der Waals surface area (Å²) in [4.78, 5) is 26.6. The molecule has 1 aromatic carbocycles. The van der Waals surface area contributed by atoms with E-state index in [0.717, 1.165) is 25.7 Å². The first-order chi connectivity index (χ1) is 18.1. The number of halogens is 1. The second kappa shape index (κ2) is 11.9. The Morgan fingerprint density at radius 1 is 1.24 bits per heavy atom. The molecule has 3 aromatic rings. The van der Waals surface area contributed by atoms with E-state index in [4.69, 9.17) is 9.47 Å². The van der Waals surface area contributed by atoms with Gasteiger partial charge >= 0.3 is 204 Å². The molecule has 0 aliphatic heterocycles. The topological polar surface area (TPSA) is 108 Å². The van der Waals surface area contributed by atoms with E-state index in [1.54, 1.807) is 43.7 Å². The van der Waals surface area contributed by atoms with Gasteiger partial charge in [-0.3, -0.25) is 0 Å². The fraction of sp³-hybridized carbons (Fsp3) is 0.481. The number of anilines is 1. The first-order valence-electron chi connectivity index (χ1n) is 12.9. The van der Waals surface area contributed by atoms with Gasteiger partial charge in [-0.05, 0) is 0 Å². The summed E-state index contributed by atoms with van der Waals surface area (Å²) in [7, 11) is 3.17. The van der Waals surface area contributed by atoms with E-state index in [2.05, 4.69) is 10.4 Å². The van der Waals surface area contributed by atoms with Gasteiger partial charge in [-0.2, -0.15) is 0 Å². The second-order valence-corrected chi connectivity index (χ2v) is 10.5. The third kappa shape index (κ3) is 7.31. The molecule has 1 atom stereocenters. The van der Waals surface area contributed by atoms with Gasteiger partial charge in [0.1, 0.15) is 5.75 Å². The van der Waals surface area contributed by atoms with Gasteiger partial charge < -0.3 is 4.74 Å². The summed E-state index contributed by atoms with van der Waals surface area (Å²) >= 11 is 0. The molecule has 38 heavy (non-hydrogen) atoms. The van der Waals surface area contributed by atoms with E-state index < -0.39 is 23.0 Å². The maximum absolute atomic E-state index is 14.3. The Labute approximate surface area is 221 Å². The third-order valence-electron chi connectivity index (χ3n) is 6.63. The number of hydrogen-bond acceptors (Lipinski definition) is 6. The zero-order chi connectivity index (χ0) is 27.3. The molecule has 202 valence electrons. The molecule has 0 saturated heterocycles. The summed E-state index contributed by atoms with van der Waals surface area (Å²) in [6.07, 6.45) is 8.94. The first-order valence-corrected chi connectivity index (χ1v) is 12.9. The summed E-state index contributed by atoms with van der Waals surface area (Å²) in [5, 5.41) is 17.2. The van der Waals surface area contributed by atoms with E-state index in [0.29, 0.717) is 30.2 Å². The van der Waals surface area contributed by atoms with E-state index in [9.17, 15) is 19.1 Å². The number of hydrogen-bond donors (Lipinski definition) is 2. The van der Waals surface area contributed by atoms with Gasteiger partial charge in [0.25, 0.3) is 0 Å². The molecule has 2 aromatic heterocycles. The second-order valence-electron chi connectivity index (χ2n) is 10.5. The number of amides is 1. The monoisotopic (exact) mass is 524 g/mol. The molecule has 9 nitrogen and oxygen atoms in total. The molecule has 0 radical (unpaired) electrons. The van der Waals surface area contributed by atoms with E-state index in [1.165, 1.54) is 42.6 Å². The van der Waals surface area contributed by atoms with Crippen molar-refractivity contribution in [2.24, 2.45) is 5.92 Å². The van der Waals surface area contributed by atoms with Crippen molar-refractivity contribution in [3.8, 4) is 17.2 Å². The number of carbonyl (C=O) groups excluding carboxylic acids is 1. The molecule has 11 heteroatoms. The van der Waals surface area contributed by atoms with Gasteiger partial charge in [0.05, 0.1) is 7.11 Å². The third-order valence-corrected chi connectivity index (χ3v) is 6.63. The minimum atomic E-state index is -0.903. The zero-order valence-corrected chi connectivity index (χ0v) is 22.0. The van der Waals surface area contributed by atoms with Gasteiger partial charge in [-0.25, -0.2) is 0 Å². The molecular formula is C27H34BFN4O5. The average Bonchev–Trinajstić information content (AvgIpc) is 3.29. The van der Waals surface area contributed by atoms with Crippen LogP contribution in [0.1, 0.15) is 58.4 Å². The Hall–Kier alpha value is -3.47. The predicted molar refractivity (Wildman–Crippen MR) is 142 cm³/mol. The van der Waals surface area contributed by atoms with Crippen LogP contribution in [0.2, 0.25) is 0 Å². The number of methoxy groups -OCH3 is 1. The van der Waals surface area contributed by atoms with Crippen LogP contribution in [0.25, 0.3) is 0 Å². The molecule has 0 spiro atoms. The molecule has 1 unspecified atom stereocenters. The Morgan fingerprint density at radius 2 is 2.00 bits per heavy atom. The number of aliphatic hydroxyl groups is 1. The number of benzene rings is 1. The Balaban J connectivity index is 1.55. The fourth-order valence-electron chi connectivity index (χ4n) is 4.85. The van der Waals surface area contributed by atoms with Crippen LogP contribution < -0.4 is 20.3 Å².